The first kappa shape index (κ1) is 15.6. The van der Waals surface area contributed by atoms with Crippen LogP contribution in [0.2, 0.25) is 0 Å². The van der Waals surface area contributed by atoms with E-state index in [4.69, 9.17) is 9.84 Å². The van der Waals surface area contributed by atoms with E-state index in [0.29, 0.717) is 12.8 Å². The number of likely N-dealkylation sites (tertiary alicyclic amines) is 1. The van der Waals surface area contributed by atoms with E-state index in [1.807, 2.05) is 0 Å². The van der Waals surface area contributed by atoms with Gasteiger partial charge in [0.1, 0.15) is 5.60 Å². The Hall–Kier alpha value is -1.50. The molecular weight excluding hydrogens is 252 g/mol. The second-order valence-electron chi connectivity index (χ2n) is 5.85. The molecule has 2 amide bonds. The van der Waals surface area contributed by atoms with Crippen LogP contribution >= 0.6 is 0 Å². The number of amides is 2. The van der Waals surface area contributed by atoms with Gasteiger partial charge in [-0.1, -0.05) is 0 Å². The number of carbonyl (C=O) groups excluding carboxylic acids is 1. The molecule has 0 saturated carbocycles. The lowest BCUT2D eigenvalue weighted by Crippen LogP contribution is -2.52. The van der Waals surface area contributed by atoms with Gasteiger partial charge < -0.3 is 25.2 Å². The maximum Gasteiger partial charge on any atom is 0.407 e. The van der Waals surface area contributed by atoms with E-state index < -0.39 is 23.4 Å². The van der Waals surface area contributed by atoms with Crippen molar-refractivity contribution in [1.82, 2.24) is 10.2 Å². The van der Waals surface area contributed by atoms with Crippen LogP contribution < -0.4 is 5.32 Å². The van der Waals surface area contributed by atoms with Crippen LogP contribution in [0, 0.1) is 0 Å². The molecule has 0 radical (unpaired) electrons. The van der Waals surface area contributed by atoms with Gasteiger partial charge in [0.15, 0.2) is 0 Å². The summed E-state index contributed by atoms with van der Waals surface area (Å²) in [6.45, 7) is 5.87. The number of nitrogens with zero attached hydrogens (tertiary/aromatic N) is 1. The van der Waals surface area contributed by atoms with E-state index in [1.54, 1.807) is 20.8 Å². The van der Waals surface area contributed by atoms with Crippen LogP contribution in [0.15, 0.2) is 0 Å². The zero-order valence-corrected chi connectivity index (χ0v) is 11.6. The predicted octanol–water partition coefficient (Wildman–Crippen LogP) is 1.02. The molecule has 1 heterocycles. The summed E-state index contributed by atoms with van der Waals surface area (Å²) < 4.78 is 5.07. The number of nitrogens with one attached hydrogen (secondary N) is 1. The zero-order valence-electron chi connectivity index (χ0n) is 11.6. The molecule has 1 aliphatic heterocycles. The highest BCUT2D eigenvalue weighted by molar-refractivity contribution is 5.67. The van der Waals surface area contributed by atoms with Crippen LogP contribution in [-0.2, 0) is 4.74 Å². The summed E-state index contributed by atoms with van der Waals surface area (Å²) in [7, 11) is 0. The molecule has 0 aliphatic carbocycles. The summed E-state index contributed by atoms with van der Waals surface area (Å²) in [6.07, 6.45) is -0.965. The van der Waals surface area contributed by atoms with Crippen molar-refractivity contribution >= 4 is 12.2 Å². The number of ether oxygens (including phenoxy) is 1. The third-order valence-corrected chi connectivity index (χ3v) is 2.93. The molecule has 19 heavy (non-hydrogen) atoms. The normalized spacial score (nSPS) is 18.8. The first-order valence-corrected chi connectivity index (χ1v) is 6.28. The van der Waals surface area contributed by atoms with Gasteiger partial charge >= 0.3 is 12.2 Å². The SMILES string of the molecule is CC(C)(C)OC(=O)NCC1(O)CCN(C(=O)O)CC1. The Morgan fingerprint density at radius 2 is 1.84 bits per heavy atom. The van der Waals surface area contributed by atoms with E-state index in [1.165, 1.54) is 4.90 Å². The Labute approximate surface area is 112 Å². The quantitative estimate of drug-likeness (QED) is 0.698. The van der Waals surface area contributed by atoms with E-state index in [9.17, 15) is 14.7 Å². The van der Waals surface area contributed by atoms with Gasteiger partial charge in [-0.15, -0.1) is 0 Å². The minimum Gasteiger partial charge on any atom is -0.465 e. The number of carbonyl (C=O) groups is 2. The van der Waals surface area contributed by atoms with Crippen LogP contribution in [0.25, 0.3) is 0 Å². The van der Waals surface area contributed by atoms with Gasteiger partial charge in [0.25, 0.3) is 0 Å². The molecular formula is C12H22N2O5. The van der Waals surface area contributed by atoms with E-state index >= 15 is 0 Å². The Bertz CT molecular complexity index is 343. The van der Waals surface area contributed by atoms with Crippen LogP contribution in [0.4, 0.5) is 9.59 Å². The van der Waals surface area contributed by atoms with E-state index in [-0.39, 0.29) is 19.6 Å². The number of piperidine rings is 1. The molecule has 0 bridgehead atoms. The molecule has 3 N–H and O–H groups in total. The first-order chi connectivity index (χ1) is 8.61. The molecule has 1 aliphatic rings. The monoisotopic (exact) mass is 274 g/mol. The maximum atomic E-state index is 11.5. The van der Waals surface area contributed by atoms with Crippen LogP contribution in [0.5, 0.6) is 0 Å². The zero-order chi connectivity index (χ0) is 14.7. The second-order valence-corrected chi connectivity index (χ2v) is 5.85. The molecule has 0 unspecified atom stereocenters. The number of alkyl carbamates (subject to hydrolysis) is 1. The molecule has 0 aromatic rings. The van der Waals surface area contributed by atoms with Crippen molar-refractivity contribution in [3.8, 4) is 0 Å². The molecule has 7 nitrogen and oxygen atoms in total. The van der Waals surface area contributed by atoms with Gasteiger partial charge in [-0.3, -0.25) is 0 Å². The highest BCUT2D eigenvalue weighted by Gasteiger charge is 2.34. The Morgan fingerprint density at radius 3 is 2.26 bits per heavy atom. The molecule has 7 heteroatoms. The van der Waals surface area contributed by atoms with Gasteiger partial charge in [-0.25, -0.2) is 9.59 Å². The topological polar surface area (TPSA) is 99.1 Å². The molecule has 1 saturated heterocycles. The van der Waals surface area contributed by atoms with Crippen molar-refractivity contribution in [2.24, 2.45) is 0 Å². The highest BCUT2D eigenvalue weighted by atomic mass is 16.6. The lowest BCUT2D eigenvalue weighted by atomic mass is 9.91. The van der Waals surface area contributed by atoms with Crippen LogP contribution in [0.1, 0.15) is 33.6 Å². The smallest absolute Gasteiger partial charge is 0.407 e. The minimum absolute atomic E-state index is 0.0649. The summed E-state index contributed by atoms with van der Waals surface area (Å²) in [5.74, 6) is 0. The minimum atomic E-state index is -1.07. The van der Waals surface area contributed by atoms with Crippen molar-refractivity contribution in [1.29, 1.82) is 0 Å². The molecule has 0 aromatic carbocycles. The van der Waals surface area contributed by atoms with Gasteiger partial charge in [-0.05, 0) is 33.6 Å². The first-order valence-electron chi connectivity index (χ1n) is 6.28. The Kier molecular flexibility index (Phi) is 4.62. The molecule has 110 valence electrons. The summed E-state index contributed by atoms with van der Waals surface area (Å²) in [5, 5.41) is 21.6. The number of hydrogen-bond donors (Lipinski definition) is 3. The summed E-state index contributed by atoms with van der Waals surface area (Å²) in [5.41, 5.74) is -1.65. The van der Waals surface area contributed by atoms with Crippen molar-refractivity contribution < 1.29 is 24.5 Å². The van der Waals surface area contributed by atoms with Gasteiger partial charge in [0.05, 0.1) is 5.60 Å². The summed E-state index contributed by atoms with van der Waals surface area (Å²) >= 11 is 0. The molecule has 0 spiro atoms. The lowest BCUT2D eigenvalue weighted by Gasteiger charge is -2.37. The molecule has 1 rings (SSSR count). The lowest BCUT2D eigenvalue weighted by molar-refractivity contribution is -0.0190. The van der Waals surface area contributed by atoms with Crippen molar-refractivity contribution in [2.45, 2.75) is 44.8 Å². The standard InChI is InChI=1S/C12H22N2O5/c1-11(2,3)19-9(15)13-8-12(18)4-6-14(7-5-12)10(16)17/h18H,4-8H2,1-3H3,(H,13,15)(H,16,17). The number of hydrogen-bond acceptors (Lipinski definition) is 4. The summed E-state index contributed by atoms with van der Waals surface area (Å²) in [6, 6.07) is 0. The molecule has 1 fully saturated rings. The fraction of sp³-hybridized carbons (Fsp3) is 0.833. The van der Waals surface area contributed by atoms with Crippen LogP contribution in [-0.4, -0.2) is 58.1 Å². The van der Waals surface area contributed by atoms with Crippen LogP contribution in [0.3, 0.4) is 0 Å². The maximum absolute atomic E-state index is 11.5. The van der Waals surface area contributed by atoms with Crippen molar-refractivity contribution in [3.05, 3.63) is 0 Å². The molecule has 0 atom stereocenters. The van der Waals surface area contributed by atoms with Gasteiger partial charge in [0, 0.05) is 19.6 Å². The Balaban J connectivity index is 2.37. The Morgan fingerprint density at radius 1 is 1.32 bits per heavy atom. The van der Waals surface area contributed by atoms with Gasteiger partial charge in [0.2, 0.25) is 0 Å². The molecule has 0 aromatic heterocycles. The number of rotatable bonds is 2. The number of aliphatic hydroxyl groups is 1. The van der Waals surface area contributed by atoms with Gasteiger partial charge in [-0.2, -0.15) is 0 Å². The average Bonchev–Trinajstić information content (AvgIpc) is 2.25. The summed E-state index contributed by atoms with van der Waals surface area (Å²) in [4.78, 5) is 23.5. The average molecular weight is 274 g/mol. The second kappa shape index (κ2) is 5.64. The number of carboxylic acid groups (broad SMARTS) is 1. The van der Waals surface area contributed by atoms with E-state index in [2.05, 4.69) is 5.32 Å². The predicted molar refractivity (Wildman–Crippen MR) is 68.0 cm³/mol. The third-order valence-electron chi connectivity index (χ3n) is 2.93. The van der Waals surface area contributed by atoms with Crippen molar-refractivity contribution in [3.63, 3.8) is 0 Å². The fourth-order valence-electron chi connectivity index (χ4n) is 1.84. The largest absolute Gasteiger partial charge is 0.465 e. The highest BCUT2D eigenvalue weighted by Crippen LogP contribution is 2.21. The van der Waals surface area contributed by atoms with E-state index in [0.717, 1.165) is 0 Å². The third kappa shape index (κ3) is 5.34. The van der Waals surface area contributed by atoms with Crippen molar-refractivity contribution in [2.75, 3.05) is 19.6 Å². The fourth-order valence-corrected chi connectivity index (χ4v) is 1.84.